The van der Waals surface area contributed by atoms with Crippen molar-refractivity contribution in [2.24, 2.45) is 0 Å². The van der Waals surface area contributed by atoms with Crippen molar-refractivity contribution in [1.82, 2.24) is 19.6 Å². The van der Waals surface area contributed by atoms with Crippen molar-refractivity contribution in [3.05, 3.63) is 75.7 Å². The molecule has 1 aliphatic rings. The van der Waals surface area contributed by atoms with Crippen LogP contribution in [0.2, 0.25) is 5.02 Å². The molecule has 1 aromatic heterocycles. The summed E-state index contributed by atoms with van der Waals surface area (Å²) in [5.41, 5.74) is 0.976. The molecule has 6 nitrogen and oxygen atoms in total. The maximum absolute atomic E-state index is 12.7. The van der Waals surface area contributed by atoms with Gasteiger partial charge in [-0.3, -0.25) is 14.5 Å². The van der Waals surface area contributed by atoms with E-state index in [2.05, 4.69) is 10.00 Å². The highest BCUT2D eigenvalue weighted by atomic mass is 35.5. The van der Waals surface area contributed by atoms with E-state index in [1.165, 1.54) is 10.2 Å². The van der Waals surface area contributed by atoms with E-state index in [4.69, 9.17) is 11.6 Å². The lowest BCUT2D eigenvalue weighted by Crippen LogP contribution is -2.49. The van der Waals surface area contributed by atoms with E-state index in [-0.39, 0.29) is 18.0 Å². The average molecular weight is 397 g/mol. The molecule has 144 valence electrons. The third-order valence-corrected chi connectivity index (χ3v) is 5.34. The Morgan fingerprint density at radius 2 is 1.71 bits per heavy atom. The zero-order chi connectivity index (χ0) is 19.5. The highest BCUT2D eigenvalue weighted by Gasteiger charge is 2.22. The van der Waals surface area contributed by atoms with E-state index in [1.54, 1.807) is 12.3 Å². The van der Waals surface area contributed by atoms with Gasteiger partial charge in [-0.15, -0.1) is 0 Å². The molecule has 3 aromatic rings. The third kappa shape index (κ3) is 4.08. The molecule has 0 N–H and O–H groups in total. The molecule has 1 fully saturated rings. The van der Waals surface area contributed by atoms with Crippen LogP contribution in [0.15, 0.2) is 59.5 Å². The van der Waals surface area contributed by atoms with Crippen molar-refractivity contribution in [1.29, 1.82) is 0 Å². The number of aromatic nitrogens is 2. The standard InChI is InChI=1S/C21H21ClN4O2/c22-18-7-5-16(6-8-18)14-24-9-11-25(12-10-24)20(27)15-26-21(28)19-4-2-1-3-17(19)13-23-26/h1-8,13H,9-12,14-15H2. The summed E-state index contributed by atoms with van der Waals surface area (Å²) < 4.78 is 1.25. The van der Waals surface area contributed by atoms with Gasteiger partial charge in [0.1, 0.15) is 6.54 Å². The predicted octanol–water partition coefficient (Wildman–Crippen LogP) is 2.39. The molecule has 0 atom stereocenters. The van der Waals surface area contributed by atoms with Crippen molar-refractivity contribution < 1.29 is 4.79 Å². The Kier molecular flexibility index (Phi) is 5.41. The normalized spacial score (nSPS) is 15.1. The van der Waals surface area contributed by atoms with E-state index in [0.717, 1.165) is 30.0 Å². The first-order valence-corrected chi connectivity index (χ1v) is 9.67. The van der Waals surface area contributed by atoms with Crippen LogP contribution in [0.4, 0.5) is 0 Å². The first kappa shape index (κ1) is 18.7. The number of amides is 1. The van der Waals surface area contributed by atoms with E-state index >= 15 is 0 Å². The highest BCUT2D eigenvalue weighted by molar-refractivity contribution is 6.30. The molecular weight excluding hydrogens is 376 g/mol. The quantitative estimate of drug-likeness (QED) is 0.679. The van der Waals surface area contributed by atoms with Crippen LogP contribution in [0.3, 0.4) is 0 Å². The summed E-state index contributed by atoms with van der Waals surface area (Å²) in [6, 6.07) is 15.1. The Bertz CT molecular complexity index is 1040. The van der Waals surface area contributed by atoms with Crippen LogP contribution in [0.1, 0.15) is 5.56 Å². The van der Waals surface area contributed by atoms with Gasteiger partial charge in [-0.1, -0.05) is 41.9 Å². The average Bonchev–Trinajstić information content (AvgIpc) is 2.72. The van der Waals surface area contributed by atoms with Crippen molar-refractivity contribution in [3.63, 3.8) is 0 Å². The molecule has 1 amide bonds. The Morgan fingerprint density at radius 1 is 1.00 bits per heavy atom. The zero-order valence-electron chi connectivity index (χ0n) is 15.4. The van der Waals surface area contributed by atoms with Gasteiger partial charge in [0.15, 0.2) is 0 Å². The molecule has 0 spiro atoms. The molecule has 28 heavy (non-hydrogen) atoms. The number of nitrogens with zero attached hydrogens (tertiary/aromatic N) is 4. The minimum absolute atomic E-state index is 0.0269. The lowest BCUT2D eigenvalue weighted by molar-refractivity contribution is -0.133. The minimum Gasteiger partial charge on any atom is -0.339 e. The second-order valence-electron chi connectivity index (χ2n) is 6.98. The van der Waals surface area contributed by atoms with E-state index in [0.29, 0.717) is 18.5 Å². The van der Waals surface area contributed by atoms with E-state index < -0.39 is 0 Å². The number of fused-ring (bicyclic) bond motifs is 1. The Balaban J connectivity index is 1.36. The summed E-state index contributed by atoms with van der Waals surface area (Å²) in [4.78, 5) is 29.3. The predicted molar refractivity (Wildman–Crippen MR) is 109 cm³/mol. The molecule has 0 bridgehead atoms. The molecule has 0 radical (unpaired) electrons. The van der Waals surface area contributed by atoms with Crippen LogP contribution >= 0.6 is 11.6 Å². The number of piperazine rings is 1. The van der Waals surface area contributed by atoms with Crippen molar-refractivity contribution in [3.8, 4) is 0 Å². The van der Waals surface area contributed by atoms with Gasteiger partial charge < -0.3 is 4.90 Å². The first-order chi connectivity index (χ1) is 13.6. The molecular formula is C21H21ClN4O2. The smallest absolute Gasteiger partial charge is 0.275 e. The van der Waals surface area contributed by atoms with Gasteiger partial charge >= 0.3 is 0 Å². The van der Waals surface area contributed by atoms with Gasteiger partial charge in [0, 0.05) is 43.1 Å². The number of hydrogen-bond donors (Lipinski definition) is 0. The summed E-state index contributed by atoms with van der Waals surface area (Å²) in [6.45, 7) is 3.71. The fraction of sp³-hybridized carbons (Fsp3) is 0.286. The molecule has 2 aromatic carbocycles. The van der Waals surface area contributed by atoms with E-state index in [1.807, 2.05) is 47.4 Å². The summed E-state index contributed by atoms with van der Waals surface area (Å²) in [5.74, 6) is -0.0731. The van der Waals surface area contributed by atoms with Gasteiger partial charge in [-0.05, 0) is 23.8 Å². The molecule has 0 saturated carbocycles. The molecule has 2 heterocycles. The van der Waals surface area contributed by atoms with Crippen LogP contribution in [0.25, 0.3) is 10.8 Å². The molecule has 4 rings (SSSR count). The lowest BCUT2D eigenvalue weighted by atomic mass is 10.2. The Labute approximate surface area is 167 Å². The van der Waals surface area contributed by atoms with Gasteiger partial charge in [0.2, 0.25) is 5.91 Å². The maximum atomic E-state index is 12.7. The molecule has 7 heteroatoms. The summed E-state index contributed by atoms with van der Waals surface area (Å²) >= 11 is 5.93. The molecule has 0 unspecified atom stereocenters. The van der Waals surface area contributed by atoms with Crippen molar-refractivity contribution >= 4 is 28.3 Å². The zero-order valence-corrected chi connectivity index (χ0v) is 16.2. The largest absolute Gasteiger partial charge is 0.339 e. The van der Waals surface area contributed by atoms with Crippen LogP contribution in [-0.2, 0) is 17.9 Å². The fourth-order valence-electron chi connectivity index (χ4n) is 3.47. The number of carbonyl (C=O) groups is 1. The minimum atomic E-state index is -0.229. The number of rotatable bonds is 4. The lowest BCUT2D eigenvalue weighted by Gasteiger charge is -2.34. The van der Waals surface area contributed by atoms with Crippen LogP contribution < -0.4 is 5.56 Å². The third-order valence-electron chi connectivity index (χ3n) is 5.09. The van der Waals surface area contributed by atoms with E-state index in [9.17, 15) is 9.59 Å². The first-order valence-electron chi connectivity index (χ1n) is 9.29. The second-order valence-corrected chi connectivity index (χ2v) is 7.41. The highest BCUT2D eigenvalue weighted by Crippen LogP contribution is 2.13. The monoisotopic (exact) mass is 396 g/mol. The number of hydrogen-bond acceptors (Lipinski definition) is 4. The molecule has 1 aliphatic heterocycles. The fourth-order valence-corrected chi connectivity index (χ4v) is 3.60. The summed E-state index contributed by atoms with van der Waals surface area (Å²) in [5, 5.41) is 6.25. The maximum Gasteiger partial charge on any atom is 0.275 e. The van der Waals surface area contributed by atoms with Gasteiger partial charge in [0.25, 0.3) is 5.56 Å². The molecule has 0 aliphatic carbocycles. The van der Waals surface area contributed by atoms with Crippen molar-refractivity contribution in [2.45, 2.75) is 13.1 Å². The number of halogens is 1. The van der Waals surface area contributed by atoms with Gasteiger partial charge in [0.05, 0.1) is 11.6 Å². The Morgan fingerprint density at radius 3 is 2.46 bits per heavy atom. The molecule has 1 saturated heterocycles. The number of carbonyl (C=O) groups excluding carboxylic acids is 1. The summed E-state index contributed by atoms with van der Waals surface area (Å²) in [7, 11) is 0. The number of benzene rings is 2. The van der Waals surface area contributed by atoms with Crippen LogP contribution in [0, 0.1) is 0 Å². The van der Waals surface area contributed by atoms with Crippen LogP contribution in [-0.4, -0.2) is 51.7 Å². The van der Waals surface area contributed by atoms with Crippen LogP contribution in [0.5, 0.6) is 0 Å². The summed E-state index contributed by atoms with van der Waals surface area (Å²) in [6.07, 6.45) is 1.63. The van der Waals surface area contributed by atoms with Gasteiger partial charge in [-0.25, -0.2) is 4.68 Å². The van der Waals surface area contributed by atoms with Crippen molar-refractivity contribution in [2.75, 3.05) is 26.2 Å². The second kappa shape index (κ2) is 8.12. The Hall–Kier alpha value is -2.70. The van der Waals surface area contributed by atoms with Gasteiger partial charge in [-0.2, -0.15) is 5.10 Å². The SMILES string of the molecule is O=C(Cn1ncc2ccccc2c1=O)N1CCN(Cc2ccc(Cl)cc2)CC1. The topological polar surface area (TPSA) is 58.4 Å².